The molecular weight excluding hydrogens is 248 g/mol. The second-order valence-electron chi connectivity index (χ2n) is 5.32. The van der Waals surface area contributed by atoms with Gasteiger partial charge in [-0.15, -0.1) is 0 Å². The Morgan fingerprint density at radius 1 is 0.850 bits per heavy atom. The van der Waals surface area contributed by atoms with Gasteiger partial charge in [0.15, 0.2) is 0 Å². The van der Waals surface area contributed by atoms with Crippen LogP contribution in [0.2, 0.25) is 0 Å². The van der Waals surface area contributed by atoms with Crippen LogP contribution in [0.4, 0.5) is 0 Å². The molecule has 4 rings (SSSR count). The maximum atomic E-state index is 5.48. The molecule has 1 unspecified atom stereocenters. The summed E-state index contributed by atoms with van der Waals surface area (Å²) in [5, 5.41) is 5.07. The molecule has 1 saturated heterocycles. The third-order valence-corrected chi connectivity index (χ3v) is 4.01. The molecule has 3 aromatic rings. The van der Waals surface area contributed by atoms with E-state index >= 15 is 0 Å². The Labute approximate surface area is 117 Å². The zero-order valence-corrected chi connectivity index (χ0v) is 11.2. The van der Waals surface area contributed by atoms with Gasteiger partial charge in [-0.1, -0.05) is 42.5 Å². The molecule has 2 nitrogen and oxygen atoms in total. The minimum absolute atomic E-state index is 0.0496. The van der Waals surface area contributed by atoms with Crippen molar-refractivity contribution in [1.82, 2.24) is 0 Å². The fourth-order valence-electron chi connectivity index (χ4n) is 2.99. The van der Waals surface area contributed by atoms with Crippen LogP contribution in [0.15, 0.2) is 54.6 Å². The summed E-state index contributed by atoms with van der Waals surface area (Å²) in [7, 11) is 0. The molecule has 0 amide bonds. The maximum Gasteiger partial charge on any atom is 0.119 e. The zero-order valence-electron chi connectivity index (χ0n) is 11.2. The Balaban J connectivity index is 1.94. The van der Waals surface area contributed by atoms with Crippen LogP contribution >= 0.6 is 0 Å². The van der Waals surface area contributed by atoms with Crippen LogP contribution in [-0.4, -0.2) is 6.61 Å². The highest BCUT2D eigenvalue weighted by Crippen LogP contribution is 2.34. The average molecular weight is 264 g/mol. The summed E-state index contributed by atoms with van der Waals surface area (Å²) in [6.45, 7) is 0.699. The van der Waals surface area contributed by atoms with E-state index in [1.807, 2.05) is 0 Å². The van der Waals surface area contributed by atoms with Gasteiger partial charge in [0.25, 0.3) is 0 Å². The van der Waals surface area contributed by atoms with Crippen LogP contribution in [0.3, 0.4) is 0 Å². The molecule has 20 heavy (non-hydrogen) atoms. The van der Waals surface area contributed by atoms with Crippen molar-refractivity contribution in [3.05, 3.63) is 60.2 Å². The molecule has 2 heteroatoms. The molecule has 0 aromatic heterocycles. The molecule has 0 bridgehead atoms. The minimum Gasteiger partial charge on any atom is -0.236 e. The molecule has 0 saturated carbocycles. The number of hydrogen-bond donors (Lipinski definition) is 0. The van der Waals surface area contributed by atoms with Crippen molar-refractivity contribution in [2.24, 2.45) is 0 Å². The summed E-state index contributed by atoms with van der Waals surface area (Å²) in [5.74, 6) is 0. The number of benzene rings is 3. The Kier molecular flexibility index (Phi) is 2.91. The molecule has 1 aliphatic heterocycles. The fraction of sp³-hybridized carbons (Fsp3) is 0.222. The van der Waals surface area contributed by atoms with Gasteiger partial charge >= 0.3 is 0 Å². The smallest absolute Gasteiger partial charge is 0.119 e. The first-order chi connectivity index (χ1) is 9.92. The quantitative estimate of drug-likeness (QED) is 0.465. The topological polar surface area (TPSA) is 18.5 Å². The Morgan fingerprint density at radius 2 is 1.65 bits per heavy atom. The van der Waals surface area contributed by atoms with Gasteiger partial charge in [0.2, 0.25) is 0 Å². The summed E-state index contributed by atoms with van der Waals surface area (Å²) < 4.78 is 0. The molecule has 3 aromatic carbocycles. The first kappa shape index (κ1) is 11.9. The van der Waals surface area contributed by atoms with Gasteiger partial charge < -0.3 is 0 Å². The predicted molar refractivity (Wildman–Crippen MR) is 80.5 cm³/mol. The van der Waals surface area contributed by atoms with Crippen molar-refractivity contribution in [3.63, 3.8) is 0 Å². The third-order valence-electron chi connectivity index (χ3n) is 4.01. The van der Waals surface area contributed by atoms with Gasteiger partial charge in [-0.3, -0.25) is 0 Å². The number of fused-ring (bicyclic) bond motifs is 2. The van der Waals surface area contributed by atoms with Crippen molar-refractivity contribution in [2.45, 2.75) is 18.9 Å². The van der Waals surface area contributed by atoms with Gasteiger partial charge in [-0.05, 0) is 52.1 Å². The summed E-state index contributed by atoms with van der Waals surface area (Å²) in [4.78, 5) is 10.7. The summed E-state index contributed by atoms with van der Waals surface area (Å²) in [5.41, 5.74) is 1.23. The van der Waals surface area contributed by atoms with E-state index in [2.05, 4.69) is 54.6 Å². The largest absolute Gasteiger partial charge is 0.236 e. The van der Waals surface area contributed by atoms with E-state index in [9.17, 15) is 0 Å². The molecule has 100 valence electrons. The Hall–Kier alpha value is -1.90. The maximum absolute atomic E-state index is 5.48. The van der Waals surface area contributed by atoms with E-state index in [-0.39, 0.29) is 6.10 Å². The Morgan fingerprint density at radius 3 is 2.45 bits per heavy atom. The van der Waals surface area contributed by atoms with Crippen LogP contribution in [-0.2, 0) is 9.78 Å². The Bertz CT molecular complexity index is 758. The van der Waals surface area contributed by atoms with Crippen LogP contribution in [0.5, 0.6) is 0 Å². The lowest BCUT2D eigenvalue weighted by Crippen LogP contribution is -2.13. The monoisotopic (exact) mass is 264 g/mol. The first-order valence-corrected chi connectivity index (χ1v) is 7.11. The van der Waals surface area contributed by atoms with E-state index in [4.69, 9.17) is 9.78 Å². The van der Waals surface area contributed by atoms with Gasteiger partial charge in [0.05, 0.1) is 6.61 Å². The molecule has 0 aliphatic carbocycles. The van der Waals surface area contributed by atoms with Crippen LogP contribution in [0.25, 0.3) is 21.5 Å². The summed E-state index contributed by atoms with van der Waals surface area (Å²) in [6.07, 6.45) is 2.12. The van der Waals surface area contributed by atoms with Crippen molar-refractivity contribution >= 4 is 21.5 Å². The van der Waals surface area contributed by atoms with Crippen molar-refractivity contribution in [2.75, 3.05) is 6.61 Å². The summed E-state index contributed by atoms with van der Waals surface area (Å²) in [6, 6.07) is 19.4. The highest BCUT2D eigenvalue weighted by atomic mass is 17.2. The van der Waals surface area contributed by atoms with Gasteiger partial charge in [0.1, 0.15) is 6.10 Å². The molecule has 1 fully saturated rings. The van der Waals surface area contributed by atoms with Crippen molar-refractivity contribution < 1.29 is 9.78 Å². The SMILES string of the molecule is c1ccc2cc3c(C4CCCOO4)cccc3cc2c1. The lowest BCUT2D eigenvalue weighted by atomic mass is 9.95. The van der Waals surface area contributed by atoms with E-state index in [1.54, 1.807) is 0 Å². The van der Waals surface area contributed by atoms with Gasteiger partial charge in [-0.2, -0.15) is 0 Å². The predicted octanol–water partition coefficient (Wildman–Crippen LogP) is 4.78. The van der Waals surface area contributed by atoms with Crippen molar-refractivity contribution in [3.8, 4) is 0 Å². The standard InChI is InChI=1S/C18H16O2/c1-2-6-14-12-17-15(11-13(14)5-1)7-3-8-16(17)18-9-4-10-19-20-18/h1-3,5-8,11-12,18H,4,9-10H2. The number of hydrogen-bond acceptors (Lipinski definition) is 2. The second kappa shape index (κ2) is 4.89. The van der Waals surface area contributed by atoms with E-state index in [0.29, 0.717) is 6.61 Å². The zero-order chi connectivity index (χ0) is 13.4. The van der Waals surface area contributed by atoms with Crippen LogP contribution in [0.1, 0.15) is 24.5 Å². The lowest BCUT2D eigenvalue weighted by Gasteiger charge is -2.23. The van der Waals surface area contributed by atoms with Crippen molar-refractivity contribution in [1.29, 1.82) is 0 Å². The molecule has 0 N–H and O–H groups in total. The van der Waals surface area contributed by atoms with Gasteiger partial charge in [-0.25, -0.2) is 9.78 Å². The molecule has 1 heterocycles. The van der Waals surface area contributed by atoms with Crippen LogP contribution in [0, 0.1) is 0 Å². The third kappa shape index (κ3) is 1.98. The minimum atomic E-state index is 0.0496. The van der Waals surface area contributed by atoms with Crippen LogP contribution < -0.4 is 0 Å². The van der Waals surface area contributed by atoms with E-state index in [0.717, 1.165) is 12.8 Å². The average Bonchev–Trinajstić information content (AvgIpc) is 2.53. The number of rotatable bonds is 1. The highest BCUT2D eigenvalue weighted by Gasteiger charge is 2.19. The molecule has 1 atom stereocenters. The summed E-state index contributed by atoms with van der Waals surface area (Å²) >= 11 is 0. The lowest BCUT2D eigenvalue weighted by molar-refractivity contribution is -0.347. The molecule has 0 radical (unpaired) electrons. The highest BCUT2D eigenvalue weighted by molar-refractivity contribution is 5.99. The molecular formula is C18H16O2. The normalized spacial score (nSPS) is 19.5. The van der Waals surface area contributed by atoms with E-state index in [1.165, 1.54) is 27.1 Å². The fourth-order valence-corrected chi connectivity index (χ4v) is 2.99. The van der Waals surface area contributed by atoms with E-state index < -0.39 is 0 Å². The first-order valence-electron chi connectivity index (χ1n) is 7.11. The molecule has 1 aliphatic rings. The molecule has 0 spiro atoms. The van der Waals surface area contributed by atoms with Gasteiger partial charge in [0, 0.05) is 0 Å². The second-order valence-corrected chi connectivity index (χ2v) is 5.32.